The van der Waals surface area contributed by atoms with E-state index in [0.29, 0.717) is 11.7 Å². The molecule has 1 aliphatic carbocycles. The van der Waals surface area contributed by atoms with Crippen molar-refractivity contribution in [3.63, 3.8) is 0 Å². The normalized spacial score (nSPS) is 14.6. The minimum absolute atomic E-state index is 0.0243. The lowest BCUT2D eigenvalue weighted by molar-refractivity contribution is -0.120. The lowest BCUT2D eigenvalue weighted by Gasteiger charge is -2.16. The van der Waals surface area contributed by atoms with Gasteiger partial charge >= 0.3 is 0 Å². The molecule has 7 heteroatoms. The van der Waals surface area contributed by atoms with Gasteiger partial charge in [-0.15, -0.1) is 10.2 Å². The molecule has 0 aliphatic heterocycles. The molecule has 3 aromatic rings. The van der Waals surface area contributed by atoms with Crippen molar-refractivity contribution in [1.29, 1.82) is 0 Å². The SMILES string of the molecule is Cc1ccccc1-n1c(SC(C)C(=O)NCCC2=CCCCC2)nnc1-c1ccncc1. The number of allylic oxidation sites excluding steroid dienone is 1. The van der Waals surface area contributed by atoms with E-state index in [2.05, 4.69) is 45.6 Å². The topological polar surface area (TPSA) is 72.7 Å². The molecular formula is C25H29N5OS. The summed E-state index contributed by atoms with van der Waals surface area (Å²) in [5.41, 5.74) is 4.52. The maximum Gasteiger partial charge on any atom is 0.233 e. The van der Waals surface area contributed by atoms with E-state index >= 15 is 0 Å². The van der Waals surface area contributed by atoms with Gasteiger partial charge in [0.25, 0.3) is 0 Å². The van der Waals surface area contributed by atoms with Gasteiger partial charge < -0.3 is 5.32 Å². The van der Waals surface area contributed by atoms with E-state index in [1.165, 1.54) is 36.6 Å². The number of amides is 1. The number of aryl methyl sites for hydroxylation is 1. The van der Waals surface area contributed by atoms with Crippen molar-refractivity contribution in [3.8, 4) is 17.1 Å². The number of aromatic nitrogens is 4. The van der Waals surface area contributed by atoms with Gasteiger partial charge in [0, 0.05) is 24.5 Å². The predicted octanol–water partition coefficient (Wildman–Crippen LogP) is 5.13. The molecule has 0 bridgehead atoms. The molecule has 1 atom stereocenters. The molecule has 1 aromatic carbocycles. The van der Waals surface area contributed by atoms with Gasteiger partial charge in [0.15, 0.2) is 11.0 Å². The molecule has 32 heavy (non-hydrogen) atoms. The first-order valence-corrected chi connectivity index (χ1v) is 12.1. The smallest absolute Gasteiger partial charge is 0.233 e. The van der Waals surface area contributed by atoms with Gasteiger partial charge in [-0.1, -0.05) is 41.6 Å². The number of pyridine rings is 1. The molecule has 2 aromatic heterocycles. The molecule has 0 spiro atoms. The Hall–Kier alpha value is -2.93. The zero-order chi connectivity index (χ0) is 22.3. The maximum absolute atomic E-state index is 12.8. The lowest BCUT2D eigenvalue weighted by atomic mass is 9.97. The van der Waals surface area contributed by atoms with E-state index in [4.69, 9.17) is 0 Å². The number of nitrogens with zero attached hydrogens (tertiary/aromatic N) is 4. The van der Waals surface area contributed by atoms with Crippen LogP contribution in [0.5, 0.6) is 0 Å². The van der Waals surface area contributed by atoms with E-state index in [9.17, 15) is 4.79 Å². The third kappa shape index (κ3) is 5.27. The number of rotatable bonds is 8. The zero-order valence-electron chi connectivity index (χ0n) is 18.6. The highest BCUT2D eigenvalue weighted by Crippen LogP contribution is 2.31. The van der Waals surface area contributed by atoms with E-state index in [1.807, 2.05) is 35.8 Å². The molecular weight excluding hydrogens is 418 g/mol. The third-order valence-electron chi connectivity index (χ3n) is 5.71. The molecule has 4 rings (SSSR count). The molecule has 1 amide bonds. The fraction of sp³-hybridized carbons (Fsp3) is 0.360. The second kappa shape index (κ2) is 10.6. The van der Waals surface area contributed by atoms with Crippen LogP contribution in [0.3, 0.4) is 0 Å². The highest BCUT2D eigenvalue weighted by molar-refractivity contribution is 8.00. The Labute approximate surface area is 193 Å². The van der Waals surface area contributed by atoms with E-state index in [-0.39, 0.29) is 11.2 Å². The fourth-order valence-electron chi connectivity index (χ4n) is 3.90. The Bertz CT molecular complexity index is 1090. The van der Waals surface area contributed by atoms with Crippen LogP contribution < -0.4 is 5.32 Å². The Balaban J connectivity index is 1.51. The first-order chi connectivity index (χ1) is 15.6. The standard InChI is InChI=1S/C25H29N5OS/c1-18-8-6-7-11-22(18)30-23(21-13-15-26-16-14-21)28-29-25(30)32-19(2)24(31)27-17-12-20-9-4-3-5-10-20/h6-9,11,13-16,19H,3-5,10,12,17H2,1-2H3,(H,27,31). The van der Waals surface area contributed by atoms with Gasteiger partial charge in [0.05, 0.1) is 10.9 Å². The monoisotopic (exact) mass is 447 g/mol. The highest BCUT2D eigenvalue weighted by Gasteiger charge is 2.22. The molecule has 0 saturated heterocycles. The number of benzene rings is 1. The van der Waals surface area contributed by atoms with Crippen LogP contribution in [0.15, 0.2) is 65.6 Å². The van der Waals surface area contributed by atoms with E-state index in [1.54, 1.807) is 12.4 Å². The third-order valence-corrected chi connectivity index (χ3v) is 6.75. The molecule has 1 N–H and O–H groups in total. The average molecular weight is 448 g/mol. The summed E-state index contributed by atoms with van der Waals surface area (Å²) in [6, 6.07) is 12.0. The van der Waals surface area contributed by atoms with Crippen LogP contribution in [0, 0.1) is 6.92 Å². The van der Waals surface area contributed by atoms with Crippen molar-refractivity contribution in [2.45, 2.75) is 56.4 Å². The summed E-state index contributed by atoms with van der Waals surface area (Å²) in [5.74, 6) is 0.761. The Morgan fingerprint density at radius 3 is 2.72 bits per heavy atom. The van der Waals surface area contributed by atoms with Crippen molar-refractivity contribution in [3.05, 3.63) is 66.0 Å². The number of thioether (sulfide) groups is 1. The summed E-state index contributed by atoms with van der Waals surface area (Å²) in [4.78, 5) is 16.9. The zero-order valence-corrected chi connectivity index (χ0v) is 19.4. The maximum atomic E-state index is 12.8. The molecule has 2 heterocycles. The van der Waals surface area contributed by atoms with Crippen molar-refractivity contribution >= 4 is 17.7 Å². The minimum Gasteiger partial charge on any atom is -0.355 e. The number of carbonyl (C=O) groups excluding carboxylic acids is 1. The number of hydrogen-bond acceptors (Lipinski definition) is 5. The van der Waals surface area contributed by atoms with Gasteiger partial charge in [-0.3, -0.25) is 14.3 Å². The Kier molecular flexibility index (Phi) is 7.37. The van der Waals surface area contributed by atoms with Crippen LogP contribution in [0.2, 0.25) is 0 Å². The van der Waals surface area contributed by atoms with Crippen LogP contribution >= 0.6 is 11.8 Å². The number of nitrogens with one attached hydrogen (secondary N) is 1. The van der Waals surface area contributed by atoms with Gasteiger partial charge in [0.2, 0.25) is 5.91 Å². The van der Waals surface area contributed by atoms with Crippen LogP contribution in [-0.2, 0) is 4.79 Å². The van der Waals surface area contributed by atoms with Crippen molar-refractivity contribution < 1.29 is 4.79 Å². The van der Waals surface area contributed by atoms with Crippen LogP contribution in [-0.4, -0.2) is 37.5 Å². The second-order valence-corrected chi connectivity index (χ2v) is 9.38. The first kappa shape index (κ1) is 22.3. The molecule has 1 unspecified atom stereocenters. The molecule has 0 radical (unpaired) electrons. The largest absolute Gasteiger partial charge is 0.355 e. The molecule has 166 valence electrons. The fourth-order valence-corrected chi connectivity index (χ4v) is 4.78. The summed E-state index contributed by atoms with van der Waals surface area (Å²) in [5, 5.41) is 12.4. The molecule has 6 nitrogen and oxygen atoms in total. The van der Waals surface area contributed by atoms with Crippen LogP contribution in [0.4, 0.5) is 0 Å². The summed E-state index contributed by atoms with van der Waals surface area (Å²) in [7, 11) is 0. The summed E-state index contributed by atoms with van der Waals surface area (Å²) < 4.78 is 2.03. The van der Waals surface area contributed by atoms with E-state index in [0.717, 1.165) is 35.5 Å². The van der Waals surface area contributed by atoms with Crippen LogP contribution in [0.1, 0.15) is 44.6 Å². The quantitative estimate of drug-likeness (QED) is 0.383. The minimum atomic E-state index is -0.285. The van der Waals surface area contributed by atoms with Gasteiger partial charge in [-0.05, 0) is 69.7 Å². The summed E-state index contributed by atoms with van der Waals surface area (Å²) in [6.07, 6.45) is 11.6. The Morgan fingerprint density at radius 2 is 1.97 bits per heavy atom. The van der Waals surface area contributed by atoms with Crippen molar-refractivity contribution in [1.82, 2.24) is 25.1 Å². The van der Waals surface area contributed by atoms with E-state index < -0.39 is 0 Å². The molecule has 0 fully saturated rings. The van der Waals surface area contributed by atoms with Crippen molar-refractivity contribution in [2.24, 2.45) is 0 Å². The van der Waals surface area contributed by atoms with Crippen LogP contribution in [0.25, 0.3) is 17.1 Å². The second-order valence-electron chi connectivity index (χ2n) is 8.07. The van der Waals surface area contributed by atoms with Gasteiger partial charge in [0.1, 0.15) is 0 Å². The number of carbonyl (C=O) groups is 1. The van der Waals surface area contributed by atoms with Crippen molar-refractivity contribution in [2.75, 3.05) is 6.54 Å². The lowest BCUT2D eigenvalue weighted by Crippen LogP contribution is -2.32. The van der Waals surface area contributed by atoms with Gasteiger partial charge in [-0.25, -0.2) is 0 Å². The first-order valence-electron chi connectivity index (χ1n) is 11.2. The Morgan fingerprint density at radius 1 is 1.16 bits per heavy atom. The van der Waals surface area contributed by atoms with Gasteiger partial charge in [-0.2, -0.15) is 0 Å². The average Bonchev–Trinajstić information content (AvgIpc) is 3.23. The highest BCUT2D eigenvalue weighted by atomic mass is 32.2. The summed E-state index contributed by atoms with van der Waals surface area (Å²) in [6.45, 7) is 4.67. The molecule has 1 aliphatic rings. The summed E-state index contributed by atoms with van der Waals surface area (Å²) >= 11 is 1.43. The number of para-hydroxylation sites is 1. The predicted molar refractivity (Wildman–Crippen MR) is 129 cm³/mol. The molecule has 0 saturated carbocycles. The number of hydrogen-bond donors (Lipinski definition) is 1.